The number of rotatable bonds is 1. The third-order valence-electron chi connectivity index (χ3n) is 0.289. The van der Waals surface area contributed by atoms with Crippen molar-refractivity contribution >= 4 is 16.3 Å². The summed E-state index contributed by atoms with van der Waals surface area (Å²) in [5.41, 5.74) is 0. The minimum Gasteiger partial charge on any atom is -0.118 e. The molecule has 0 aromatic rings. The average molecular weight is 72.1 g/mol. The lowest BCUT2D eigenvalue weighted by Gasteiger charge is -1.68. The maximum Gasteiger partial charge on any atom is 0.118 e. The van der Waals surface area contributed by atoms with Crippen molar-refractivity contribution in [2.75, 3.05) is 0 Å². The summed E-state index contributed by atoms with van der Waals surface area (Å²) < 4.78 is 0. The molecule has 0 fully saturated rings. The first-order chi connectivity index (χ1) is 1.91. The molecule has 0 aromatic carbocycles. The summed E-state index contributed by atoms with van der Waals surface area (Å²) in [4.78, 5) is 0. The van der Waals surface area contributed by atoms with Crippen LogP contribution in [0, 0.1) is 0 Å². The van der Waals surface area contributed by atoms with Crippen molar-refractivity contribution in [2.45, 2.75) is 18.6 Å². The van der Waals surface area contributed by atoms with Gasteiger partial charge in [0.1, 0.15) is 16.3 Å². The van der Waals surface area contributed by atoms with Crippen molar-refractivity contribution in [3.8, 4) is 0 Å². The summed E-state index contributed by atoms with van der Waals surface area (Å²) in [6.07, 6.45) is 1.28. The molecule has 0 nitrogen and oxygen atoms in total. The highest BCUT2D eigenvalue weighted by Crippen LogP contribution is 1.73. The van der Waals surface area contributed by atoms with E-state index < -0.39 is 0 Å². The zero-order chi connectivity index (χ0) is 3.41. The first-order valence-electron chi connectivity index (χ1n) is 1.62. The summed E-state index contributed by atoms with van der Waals surface area (Å²) in [5.74, 6) is 0. The van der Waals surface area contributed by atoms with Crippen molar-refractivity contribution in [1.29, 1.82) is 0 Å². The lowest BCUT2D eigenvalue weighted by Crippen LogP contribution is -1.55. The molecular weight excluding hydrogens is 63.0 g/mol. The highest BCUT2D eigenvalue weighted by atomic mass is 27.0. The summed E-state index contributed by atoms with van der Waals surface area (Å²) >= 11 is 2.66. The molecule has 0 N–H and O–H groups in total. The van der Waals surface area contributed by atoms with Crippen LogP contribution in [0.25, 0.3) is 0 Å². The fourth-order valence-electron chi connectivity index (χ4n) is 0. The van der Waals surface area contributed by atoms with Gasteiger partial charge in [-0.3, -0.25) is 0 Å². The molecule has 0 amide bonds. The Morgan fingerprint density at radius 3 is 2.25 bits per heavy atom. The summed E-state index contributed by atoms with van der Waals surface area (Å²) in [6.45, 7) is 2.16. The van der Waals surface area contributed by atoms with Crippen LogP contribution in [0.1, 0.15) is 14.8 Å². The molecule has 0 rings (SSSR count). The first-order valence-corrected chi connectivity index (χ1v) is 2.43. The molecule has 2 radical (unpaired) electrons. The van der Waals surface area contributed by atoms with Crippen molar-refractivity contribution in [3.63, 3.8) is 0 Å². The second kappa shape index (κ2) is 3.53. The molecule has 0 aromatic heterocycles. The van der Waals surface area contributed by atoms with Crippen LogP contribution in [0.5, 0.6) is 0 Å². The Kier molecular flexibility index (Phi) is 4.00. The highest BCUT2D eigenvalue weighted by Gasteiger charge is 1.56. The summed E-state index contributed by atoms with van der Waals surface area (Å²) in [7, 11) is 0. The second-order valence-electron chi connectivity index (χ2n) is 0.789. The van der Waals surface area contributed by atoms with Gasteiger partial charge in [0.2, 0.25) is 0 Å². The zero-order valence-corrected chi connectivity index (χ0v) is 4.15. The Bertz CT molecular complexity index is 8.85. The maximum absolute atomic E-state index is 2.66. The van der Waals surface area contributed by atoms with Gasteiger partial charge >= 0.3 is 0 Å². The Morgan fingerprint density at radius 1 is 2.00 bits per heavy atom. The second-order valence-corrected chi connectivity index (χ2v) is 1.37. The molecule has 0 bridgehead atoms. The van der Waals surface area contributed by atoms with E-state index in [-0.39, 0.29) is 1.43 Å². The van der Waals surface area contributed by atoms with E-state index in [1.807, 2.05) is 0 Å². The first kappa shape index (κ1) is 4.53. The van der Waals surface area contributed by atoms with E-state index in [2.05, 4.69) is 23.2 Å². The lowest BCUT2D eigenvalue weighted by atomic mass is 10.6. The van der Waals surface area contributed by atoms with E-state index in [9.17, 15) is 0 Å². The molecule has 0 atom stereocenters. The molecule has 0 heterocycles. The zero-order valence-electron chi connectivity index (χ0n) is 2.99. The molecule has 4 heavy (non-hydrogen) atoms. The van der Waals surface area contributed by atoms with Crippen LogP contribution in [-0.4, -0.2) is 16.3 Å². The predicted molar refractivity (Wildman–Crippen MR) is 23.0 cm³/mol. The van der Waals surface area contributed by atoms with Gasteiger partial charge in [0.25, 0.3) is 0 Å². The van der Waals surface area contributed by atoms with Gasteiger partial charge in [0.15, 0.2) is 0 Å². The van der Waals surface area contributed by atoms with Gasteiger partial charge in [-0.2, -0.15) is 0 Å². The van der Waals surface area contributed by atoms with E-state index in [1.165, 1.54) is 11.7 Å². The third kappa shape index (κ3) is 2.53. The van der Waals surface area contributed by atoms with Crippen LogP contribution in [0.3, 0.4) is 0 Å². The normalized spacial score (nSPS) is 7.25. The van der Waals surface area contributed by atoms with E-state index >= 15 is 0 Å². The molecule has 0 saturated heterocycles. The van der Waals surface area contributed by atoms with Gasteiger partial charge in [-0.1, -0.05) is 13.3 Å². The molecule has 0 spiro atoms. The Balaban J connectivity index is 0. The van der Waals surface area contributed by atoms with E-state index in [1.54, 1.807) is 0 Å². The van der Waals surface area contributed by atoms with Crippen molar-refractivity contribution in [1.82, 2.24) is 0 Å². The summed E-state index contributed by atoms with van der Waals surface area (Å²) in [6, 6.07) is 0. The minimum atomic E-state index is 0. The van der Waals surface area contributed by atoms with Crippen LogP contribution in [0.4, 0.5) is 0 Å². The molecule has 0 aliphatic carbocycles. The van der Waals surface area contributed by atoms with Crippen LogP contribution < -0.4 is 0 Å². The van der Waals surface area contributed by atoms with Crippen LogP contribution in [0.15, 0.2) is 0 Å². The average Bonchev–Trinajstić information content (AvgIpc) is 1.37. The van der Waals surface area contributed by atoms with Gasteiger partial charge in [0, 0.05) is 1.43 Å². The topological polar surface area (TPSA) is 0 Å². The minimum absolute atomic E-state index is 0. The lowest BCUT2D eigenvalue weighted by molar-refractivity contribution is 1.08. The van der Waals surface area contributed by atoms with Gasteiger partial charge in [-0.05, 0) is 0 Å². The van der Waals surface area contributed by atoms with Crippen LogP contribution in [-0.2, 0) is 0 Å². The van der Waals surface area contributed by atoms with Crippen molar-refractivity contribution in [2.24, 2.45) is 0 Å². The Morgan fingerprint density at radius 2 is 2.25 bits per heavy atom. The quantitative estimate of drug-likeness (QED) is 0.409. The summed E-state index contributed by atoms with van der Waals surface area (Å²) in [5, 5.41) is 1.24. The third-order valence-corrected chi connectivity index (χ3v) is 0.866. The molecule has 24 valence electrons. The van der Waals surface area contributed by atoms with Crippen LogP contribution >= 0.6 is 0 Å². The highest BCUT2D eigenvalue weighted by molar-refractivity contribution is 6.08. The standard InChI is InChI=1S/C3H7.Al.H2/c1-3-2;;/h1,3H2,2H3;;1H. The van der Waals surface area contributed by atoms with Gasteiger partial charge in [0.05, 0.1) is 0 Å². The number of hydrogen-bond donors (Lipinski definition) is 0. The van der Waals surface area contributed by atoms with Crippen molar-refractivity contribution < 1.29 is 1.43 Å². The molecule has 1 heteroatoms. The number of hydrogen-bond acceptors (Lipinski definition) is 0. The molecule has 0 unspecified atom stereocenters. The monoisotopic (exact) mass is 72.1 g/mol. The predicted octanol–water partition coefficient (Wildman–Crippen LogP) is 1.23. The molecule has 0 aliphatic rings. The van der Waals surface area contributed by atoms with Gasteiger partial charge in [-0.15, -0.1) is 5.28 Å². The SMILES string of the molecule is CC[CH2][Al].[HH]. The van der Waals surface area contributed by atoms with E-state index in [0.29, 0.717) is 0 Å². The van der Waals surface area contributed by atoms with Crippen molar-refractivity contribution in [3.05, 3.63) is 0 Å². The van der Waals surface area contributed by atoms with Crippen LogP contribution in [0.2, 0.25) is 5.28 Å². The molecule has 0 aliphatic heterocycles. The fraction of sp³-hybridized carbons (Fsp3) is 1.00. The van der Waals surface area contributed by atoms with Gasteiger partial charge in [-0.25, -0.2) is 0 Å². The maximum atomic E-state index is 2.66. The Hall–Kier alpha value is 0.532. The Labute approximate surface area is 37.1 Å². The smallest absolute Gasteiger partial charge is 0.118 e. The van der Waals surface area contributed by atoms with E-state index in [0.717, 1.165) is 0 Å². The fourth-order valence-corrected chi connectivity index (χ4v) is 0. The van der Waals surface area contributed by atoms with E-state index in [4.69, 9.17) is 0 Å². The largest absolute Gasteiger partial charge is 0.118 e. The molecular formula is C3H9Al. The van der Waals surface area contributed by atoms with Gasteiger partial charge < -0.3 is 0 Å². The molecule has 0 saturated carbocycles.